The molecule has 1 fully saturated rings. The fraction of sp³-hybridized carbons (Fsp3) is 0.611. The number of rotatable bonds is 7. The summed E-state index contributed by atoms with van der Waals surface area (Å²) in [6.45, 7) is 3.30. The minimum atomic E-state index is 0.121. The fourth-order valence-corrected chi connectivity index (χ4v) is 2.97. The van der Waals surface area contributed by atoms with Crippen LogP contribution in [0.15, 0.2) is 24.3 Å². The number of piperidine rings is 1. The smallest absolute Gasteiger partial charge is 0.234 e. The van der Waals surface area contributed by atoms with E-state index in [0.717, 1.165) is 32.4 Å². The number of amides is 1. The summed E-state index contributed by atoms with van der Waals surface area (Å²) in [6.07, 6.45) is 3.13. The number of anilines is 1. The molecule has 0 radical (unpaired) electrons. The standard InChI is InChI=1S/C18H30N4O/c1-21(2)16-6-4-15(5-7-16)8-13-20-18(23)14-22(3)17-9-11-19-12-10-17/h4-7,17,19H,8-14H2,1-3H3,(H,20,23). The van der Waals surface area contributed by atoms with Crippen molar-refractivity contribution < 1.29 is 4.79 Å². The van der Waals surface area contributed by atoms with Crippen molar-refractivity contribution >= 4 is 11.6 Å². The van der Waals surface area contributed by atoms with Gasteiger partial charge in [0, 0.05) is 32.4 Å². The maximum atomic E-state index is 12.1. The minimum Gasteiger partial charge on any atom is -0.378 e. The number of hydrogen-bond acceptors (Lipinski definition) is 4. The van der Waals surface area contributed by atoms with Crippen LogP contribution in [-0.4, -0.2) is 64.2 Å². The number of carbonyl (C=O) groups is 1. The average molecular weight is 318 g/mol. The Labute approximate surface area is 140 Å². The molecule has 1 aromatic rings. The van der Waals surface area contributed by atoms with Gasteiger partial charge in [-0.15, -0.1) is 0 Å². The third-order valence-electron chi connectivity index (χ3n) is 4.51. The summed E-state index contributed by atoms with van der Waals surface area (Å²) in [5.74, 6) is 0.121. The molecule has 23 heavy (non-hydrogen) atoms. The number of nitrogens with one attached hydrogen (secondary N) is 2. The number of likely N-dealkylation sites (N-methyl/N-ethyl adjacent to an activating group) is 1. The van der Waals surface area contributed by atoms with Crippen molar-refractivity contribution in [2.24, 2.45) is 0 Å². The largest absolute Gasteiger partial charge is 0.378 e. The van der Waals surface area contributed by atoms with Gasteiger partial charge < -0.3 is 15.5 Å². The van der Waals surface area contributed by atoms with Gasteiger partial charge in [0.15, 0.2) is 0 Å². The second kappa shape index (κ2) is 8.89. The minimum absolute atomic E-state index is 0.121. The molecule has 2 rings (SSSR count). The van der Waals surface area contributed by atoms with Crippen molar-refractivity contribution in [3.05, 3.63) is 29.8 Å². The first-order chi connectivity index (χ1) is 11.1. The first kappa shape index (κ1) is 17.8. The fourth-order valence-electron chi connectivity index (χ4n) is 2.97. The van der Waals surface area contributed by atoms with Crippen molar-refractivity contribution in [2.45, 2.75) is 25.3 Å². The zero-order chi connectivity index (χ0) is 16.7. The molecule has 0 atom stereocenters. The maximum Gasteiger partial charge on any atom is 0.234 e. The molecule has 128 valence electrons. The van der Waals surface area contributed by atoms with Crippen molar-refractivity contribution in [2.75, 3.05) is 52.2 Å². The van der Waals surface area contributed by atoms with Gasteiger partial charge in [-0.2, -0.15) is 0 Å². The molecular weight excluding hydrogens is 288 g/mol. The predicted molar refractivity (Wildman–Crippen MR) is 96.0 cm³/mol. The van der Waals surface area contributed by atoms with E-state index in [-0.39, 0.29) is 5.91 Å². The van der Waals surface area contributed by atoms with Gasteiger partial charge in [0.25, 0.3) is 0 Å². The topological polar surface area (TPSA) is 47.6 Å². The number of hydrogen-bond donors (Lipinski definition) is 2. The van der Waals surface area contributed by atoms with Crippen LogP contribution in [-0.2, 0) is 11.2 Å². The van der Waals surface area contributed by atoms with E-state index < -0.39 is 0 Å². The highest BCUT2D eigenvalue weighted by molar-refractivity contribution is 5.78. The third-order valence-corrected chi connectivity index (χ3v) is 4.51. The van der Waals surface area contributed by atoms with E-state index in [9.17, 15) is 4.79 Å². The van der Waals surface area contributed by atoms with E-state index in [2.05, 4.69) is 51.7 Å². The van der Waals surface area contributed by atoms with Crippen molar-refractivity contribution in [3.63, 3.8) is 0 Å². The van der Waals surface area contributed by atoms with Gasteiger partial charge in [-0.3, -0.25) is 9.69 Å². The molecule has 0 bridgehead atoms. The van der Waals surface area contributed by atoms with E-state index in [0.29, 0.717) is 19.1 Å². The second-order valence-corrected chi connectivity index (χ2v) is 6.56. The Bertz CT molecular complexity index is 480. The zero-order valence-electron chi connectivity index (χ0n) is 14.6. The van der Waals surface area contributed by atoms with Crippen LogP contribution in [0, 0.1) is 0 Å². The number of nitrogens with zero attached hydrogens (tertiary/aromatic N) is 2. The number of benzene rings is 1. The van der Waals surface area contributed by atoms with Crippen molar-refractivity contribution in [1.82, 2.24) is 15.5 Å². The first-order valence-corrected chi connectivity index (χ1v) is 8.50. The highest BCUT2D eigenvalue weighted by Gasteiger charge is 2.19. The van der Waals surface area contributed by atoms with Crippen LogP contribution in [0.5, 0.6) is 0 Å². The van der Waals surface area contributed by atoms with Gasteiger partial charge in [-0.25, -0.2) is 0 Å². The summed E-state index contributed by atoms with van der Waals surface area (Å²) in [6, 6.07) is 9.01. The Balaban J connectivity index is 1.67. The highest BCUT2D eigenvalue weighted by Crippen LogP contribution is 2.12. The molecule has 1 amide bonds. The summed E-state index contributed by atoms with van der Waals surface area (Å²) in [7, 11) is 6.12. The second-order valence-electron chi connectivity index (χ2n) is 6.56. The Morgan fingerprint density at radius 3 is 2.43 bits per heavy atom. The van der Waals surface area contributed by atoms with E-state index >= 15 is 0 Å². The van der Waals surface area contributed by atoms with Gasteiger partial charge in [0.05, 0.1) is 6.54 Å². The molecule has 5 heteroatoms. The molecule has 2 N–H and O–H groups in total. The molecular formula is C18H30N4O. The maximum absolute atomic E-state index is 12.1. The van der Waals surface area contributed by atoms with Crippen LogP contribution in [0.1, 0.15) is 18.4 Å². The molecule has 1 aromatic carbocycles. The molecule has 0 aliphatic carbocycles. The molecule has 1 heterocycles. The lowest BCUT2D eigenvalue weighted by atomic mass is 10.1. The Morgan fingerprint density at radius 1 is 1.17 bits per heavy atom. The molecule has 1 aliphatic rings. The van der Waals surface area contributed by atoms with E-state index in [4.69, 9.17) is 0 Å². The summed E-state index contributed by atoms with van der Waals surface area (Å²) < 4.78 is 0. The van der Waals surface area contributed by atoms with E-state index in [1.54, 1.807) is 0 Å². The zero-order valence-corrected chi connectivity index (χ0v) is 14.6. The highest BCUT2D eigenvalue weighted by atomic mass is 16.2. The van der Waals surface area contributed by atoms with Crippen LogP contribution in [0.2, 0.25) is 0 Å². The molecule has 0 saturated carbocycles. The van der Waals surface area contributed by atoms with Crippen LogP contribution in [0.25, 0.3) is 0 Å². The number of carbonyl (C=O) groups excluding carboxylic acids is 1. The lowest BCUT2D eigenvalue weighted by Gasteiger charge is -2.31. The van der Waals surface area contributed by atoms with Crippen molar-refractivity contribution in [3.8, 4) is 0 Å². The van der Waals surface area contributed by atoms with E-state index in [1.807, 2.05) is 14.1 Å². The van der Waals surface area contributed by atoms with Crippen LogP contribution in [0.4, 0.5) is 5.69 Å². The lowest BCUT2D eigenvalue weighted by molar-refractivity contribution is -0.122. The predicted octanol–water partition coefficient (Wildman–Crippen LogP) is 1.10. The summed E-state index contributed by atoms with van der Waals surface area (Å²) in [4.78, 5) is 16.3. The third kappa shape index (κ3) is 5.84. The van der Waals surface area contributed by atoms with Gasteiger partial charge in [-0.1, -0.05) is 12.1 Å². The van der Waals surface area contributed by atoms with Gasteiger partial charge in [0.1, 0.15) is 0 Å². The Hall–Kier alpha value is -1.59. The van der Waals surface area contributed by atoms with E-state index in [1.165, 1.54) is 11.3 Å². The monoisotopic (exact) mass is 318 g/mol. The van der Waals surface area contributed by atoms with Gasteiger partial charge in [0.2, 0.25) is 5.91 Å². The molecule has 5 nitrogen and oxygen atoms in total. The average Bonchev–Trinajstić information content (AvgIpc) is 2.56. The Kier molecular flexibility index (Phi) is 6.86. The quantitative estimate of drug-likeness (QED) is 0.790. The summed E-state index contributed by atoms with van der Waals surface area (Å²) >= 11 is 0. The van der Waals surface area contributed by atoms with Crippen LogP contribution in [0.3, 0.4) is 0 Å². The summed E-state index contributed by atoms with van der Waals surface area (Å²) in [5, 5.41) is 6.39. The Morgan fingerprint density at radius 2 is 1.83 bits per heavy atom. The molecule has 0 aromatic heterocycles. The van der Waals surface area contributed by atoms with Crippen LogP contribution >= 0.6 is 0 Å². The lowest BCUT2D eigenvalue weighted by Crippen LogP contribution is -2.45. The SMILES string of the molecule is CN(C)c1ccc(CCNC(=O)CN(C)C2CCNCC2)cc1. The van der Waals surface area contributed by atoms with Gasteiger partial charge >= 0.3 is 0 Å². The first-order valence-electron chi connectivity index (χ1n) is 8.50. The molecule has 1 saturated heterocycles. The molecule has 0 spiro atoms. The van der Waals surface area contributed by atoms with Crippen molar-refractivity contribution in [1.29, 1.82) is 0 Å². The van der Waals surface area contributed by atoms with Gasteiger partial charge in [-0.05, 0) is 57.1 Å². The molecule has 1 aliphatic heterocycles. The normalized spacial score (nSPS) is 15.7. The summed E-state index contributed by atoms with van der Waals surface area (Å²) in [5.41, 5.74) is 2.45. The molecule has 0 unspecified atom stereocenters. The van der Waals surface area contributed by atoms with Crippen LogP contribution < -0.4 is 15.5 Å².